The number of carbonyl (C=O) groups is 5. The van der Waals surface area contributed by atoms with E-state index in [4.69, 9.17) is 9.47 Å². The molecule has 0 spiro atoms. The molecule has 1 N–H and O–H groups in total. The summed E-state index contributed by atoms with van der Waals surface area (Å²) in [5.74, 6) is -2.70. The smallest absolute Gasteiger partial charge is 0.341 e. The molecule has 9 nitrogen and oxygen atoms in total. The van der Waals surface area contributed by atoms with Gasteiger partial charge >= 0.3 is 11.9 Å². The summed E-state index contributed by atoms with van der Waals surface area (Å²) in [5.41, 5.74) is 1.90. The van der Waals surface area contributed by atoms with Gasteiger partial charge in [-0.2, -0.15) is 0 Å². The molecular weight excluding hydrogens is 472 g/mol. The van der Waals surface area contributed by atoms with Gasteiger partial charge in [0.1, 0.15) is 5.00 Å². The number of anilines is 1. The maximum atomic E-state index is 12.8. The molecule has 2 aromatic rings. The van der Waals surface area contributed by atoms with Crippen molar-refractivity contribution in [3.05, 3.63) is 51.4 Å². The van der Waals surface area contributed by atoms with Crippen molar-refractivity contribution in [1.29, 1.82) is 0 Å². The SMILES string of the molecule is CCOC(=O)c1c(NC(=O)C(C)OC(=O)CCN2C(=O)c3ccccc3C2=O)sc2c1CCCC2. The van der Waals surface area contributed by atoms with Gasteiger partial charge in [-0.3, -0.25) is 24.1 Å². The second-order valence-corrected chi connectivity index (χ2v) is 9.42. The lowest BCUT2D eigenvalue weighted by molar-refractivity contribution is -0.153. The van der Waals surface area contributed by atoms with E-state index in [1.807, 2.05) is 0 Å². The average Bonchev–Trinajstić information content (AvgIpc) is 3.32. The molecule has 0 saturated heterocycles. The Labute approximate surface area is 206 Å². The van der Waals surface area contributed by atoms with Crippen LogP contribution >= 0.6 is 11.3 Å². The number of thiophene rings is 1. The fraction of sp³-hybridized carbons (Fsp3) is 0.400. The van der Waals surface area contributed by atoms with Crippen molar-refractivity contribution >= 4 is 46.0 Å². The fourth-order valence-corrected chi connectivity index (χ4v) is 5.52. The lowest BCUT2D eigenvalue weighted by atomic mass is 9.95. The third kappa shape index (κ3) is 4.97. The van der Waals surface area contributed by atoms with Crippen LogP contribution in [0.25, 0.3) is 0 Å². The number of hydrogen-bond donors (Lipinski definition) is 1. The molecule has 1 atom stereocenters. The predicted octanol–water partition coefficient (Wildman–Crippen LogP) is 3.36. The molecule has 1 aliphatic heterocycles. The normalized spacial score (nSPS) is 15.3. The van der Waals surface area contributed by atoms with Crippen molar-refractivity contribution in [2.24, 2.45) is 0 Å². The number of nitrogens with zero attached hydrogens (tertiary/aromatic N) is 1. The van der Waals surface area contributed by atoms with E-state index in [9.17, 15) is 24.0 Å². The van der Waals surface area contributed by atoms with Crippen molar-refractivity contribution < 1.29 is 33.4 Å². The zero-order valence-corrected chi connectivity index (χ0v) is 20.4. The molecule has 2 aliphatic rings. The van der Waals surface area contributed by atoms with Crippen molar-refractivity contribution in [3.8, 4) is 0 Å². The summed E-state index contributed by atoms with van der Waals surface area (Å²) in [6.45, 7) is 3.22. The van der Waals surface area contributed by atoms with Gasteiger partial charge in [-0.15, -0.1) is 11.3 Å². The number of hydrogen-bond acceptors (Lipinski definition) is 8. The Kier molecular flexibility index (Phi) is 7.30. The van der Waals surface area contributed by atoms with Gasteiger partial charge < -0.3 is 14.8 Å². The number of carbonyl (C=O) groups excluding carboxylic acids is 5. The minimum Gasteiger partial charge on any atom is -0.462 e. The van der Waals surface area contributed by atoms with Gasteiger partial charge in [0.15, 0.2) is 6.10 Å². The molecule has 0 saturated carbocycles. The van der Waals surface area contributed by atoms with E-state index >= 15 is 0 Å². The third-order valence-corrected chi connectivity index (χ3v) is 7.19. The maximum Gasteiger partial charge on any atom is 0.341 e. The van der Waals surface area contributed by atoms with Crippen LogP contribution in [0.5, 0.6) is 0 Å². The third-order valence-electron chi connectivity index (χ3n) is 5.98. The lowest BCUT2D eigenvalue weighted by Crippen LogP contribution is -2.34. The van der Waals surface area contributed by atoms with Gasteiger partial charge in [0.25, 0.3) is 17.7 Å². The lowest BCUT2D eigenvalue weighted by Gasteiger charge is -2.16. The summed E-state index contributed by atoms with van der Waals surface area (Å²) >= 11 is 1.35. The molecule has 3 amide bonds. The minimum atomic E-state index is -1.14. The van der Waals surface area contributed by atoms with Gasteiger partial charge in [-0.1, -0.05) is 12.1 Å². The molecule has 4 rings (SSSR count). The first kappa shape index (κ1) is 24.6. The molecule has 0 radical (unpaired) electrons. The average molecular weight is 499 g/mol. The van der Waals surface area contributed by atoms with E-state index in [0.717, 1.165) is 41.0 Å². The first-order valence-electron chi connectivity index (χ1n) is 11.6. The highest BCUT2D eigenvalue weighted by atomic mass is 32.1. The number of rotatable bonds is 8. The zero-order valence-electron chi connectivity index (χ0n) is 19.5. The Morgan fingerprint density at radius 2 is 1.74 bits per heavy atom. The van der Waals surface area contributed by atoms with Crippen molar-refractivity contribution in [3.63, 3.8) is 0 Å². The van der Waals surface area contributed by atoms with Crippen LogP contribution in [0.1, 0.15) is 74.6 Å². The van der Waals surface area contributed by atoms with Crippen LogP contribution < -0.4 is 5.32 Å². The van der Waals surface area contributed by atoms with Crippen LogP contribution in [0.3, 0.4) is 0 Å². The quantitative estimate of drug-likeness (QED) is 0.438. The Morgan fingerprint density at radius 1 is 1.09 bits per heavy atom. The van der Waals surface area contributed by atoms with Crippen LogP contribution in [-0.4, -0.2) is 53.8 Å². The molecule has 1 aliphatic carbocycles. The van der Waals surface area contributed by atoms with Gasteiger partial charge in [0, 0.05) is 11.4 Å². The van der Waals surface area contributed by atoms with Crippen LogP contribution in [0.2, 0.25) is 0 Å². The summed E-state index contributed by atoms with van der Waals surface area (Å²) < 4.78 is 10.4. The van der Waals surface area contributed by atoms with Crippen molar-refractivity contribution in [2.75, 3.05) is 18.5 Å². The van der Waals surface area contributed by atoms with Crippen LogP contribution in [0, 0.1) is 0 Å². The second kappa shape index (κ2) is 10.4. The summed E-state index contributed by atoms with van der Waals surface area (Å²) in [6, 6.07) is 6.46. The predicted molar refractivity (Wildman–Crippen MR) is 128 cm³/mol. The molecule has 1 aromatic heterocycles. The highest BCUT2D eigenvalue weighted by Crippen LogP contribution is 2.38. The number of nitrogens with one attached hydrogen (secondary N) is 1. The van der Waals surface area contributed by atoms with E-state index < -0.39 is 35.8 Å². The molecule has 2 heterocycles. The van der Waals surface area contributed by atoms with Gasteiger partial charge in [0.2, 0.25) is 0 Å². The molecule has 1 aromatic carbocycles. The first-order valence-corrected chi connectivity index (χ1v) is 12.4. The van der Waals surface area contributed by atoms with Gasteiger partial charge in [-0.05, 0) is 57.2 Å². The summed E-state index contributed by atoms with van der Waals surface area (Å²) in [5, 5.41) is 3.12. The number of imide groups is 1. The maximum absolute atomic E-state index is 12.8. The molecular formula is C25H26N2O7S. The number of fused-ring (bicyclic) bond motifs is 2. The van der Waals surface area contributed by atoms with Crippen molar-refractivity contribution in [1.82, 2.24) is 4.90 Å². The Hall–Kier alpha value is -3.53. The van der Waals surface area contributed by atoms with Crippen LogP contribution in [0.4, 0.5) is 5.00 Å². The van der Waals surface area contributed by atoms with Gasteiger partial charge in [0.05, 0.1) is 29.7 Å². The van der Waals surface area contributed by atoms with Crippen molar-refractivity contribution in [2.45, 2.75) is 52.1 Å². The molecule has 0 bridgehead atoms. The summed E-state index contributed by atoms with van der Waals surface area (Å²) in [4.78, 5) is 64.6. The standard InChI is InChI=1S/C25H26N2O7S/c1-3-33-25(32)20-17-10-6-7-11-18(17)35-22(20)26-21(29)14(2)34-19(28)12-13-27-23(30)15-8-4-5-9-16(15)24(27)31/h4-5,8-9,14H,3,6-7,10-13H2,1-2H3,(H,26,29). The molecule has 184 valence electrons. The molecule has 10 heteroatoms. The molecule has 0 fully saturated rings. The van der Waals surface area contributed by atoms with E-state index in [-0.39, 0.29) is 19.6 Å². The first-order chi connectivity index (χ1) is 16.8. The number of ether oxygens (including phenoxy) is 2. The van der Waals surface area contributed by atoms with E-state index in [1.165, 1.54) is 18.3 Å². The number of amides is 3. The Balaban J connectivity index is 1.36. The monoisotopic (exact) mass is 498 g/mol. The van der Waals surface area contributed by atoms with Crippen LogP contribution in [-0.2, 0) is 31.9 Å². The largest absolute Gasteiger partial charge is 0.462 e. The summed E-state index contributed by atoms with van der Waals surface area (Å²) in [7, 11) is 0. The second-order valence-electron chi connectivity index (χ2n) is 8.31. The number of aryl methyl sites for hydroxylation is 1. The highest BCUT2D eigenvalue weighted by molar-refractivity contribution is 7.17. The van der Waals surface area contributed by atoms with Crippen LogP contribution in [0.15, 0.2) is 24.3 Å². The zero-order chi connectivity index (χ0) is 25.1. The van der Waals surface area contributed by atoms with E-state index in [0.29, 0.717) is 21.7 Å². The van der Waals surface area contributed by atoms with Gasteiger partial charge in [-0.25, -0.2) is 4.79 Å². The number of esters is 2. The Bertz CT molecular complexity index is 1170. The molecule has 35 heavy (non-hydrogen) atoms. The van der Waals surface area contributed by atoms with E-state index in [2.05, 4.69) is 5.32 Å². The highest BCUT2D eigenvalue weighted by Gasteiger charge is 2.35. The number of benzene rings is 1. The fourth-order valence-electron chi connectivity index (χ4n) is 4.24. The Morgan fingerprint density at radius 3 is 2.40 bits per heavy atom. The topological polar surface area (TPSA) is 119 Å². The molecule has 1 unspecified atom stereocenters. The minimum absolute atomic E-state index is 0.149. The van der Waals surface area contributed by atoms with E-state index in [1.54, 1.807) is 31.2 Å². The summed E-state index contributed by atoms with van der Waals surface area (Å²) in [6.07, 6.45) is 2.18.